The highest BCUT2D eigenvalue weighted by Gasteiger charge is 2.48. The van der Waals surface area contributed by atoms with Crippen molar-refractivity contribution in [1.82, 2.24) is 0 Å². The molecule has 1 saturated heterocycles. The summed E-state index contributed by atoms with van der Waals surface area (Å²) in [6, 6.07) is 0. The summed E-state index contributed by atoms with van der Waals surface area (Å²) in [7, 11) is 0. The van der Waals surface area contributed by atoms with Gasteiger partial charge in [-0.1, -0.05) is 0 Å². The largest absolute Gasteiger partial charge is 0.481 e. The smallest absolute Gasteiger partial charge is 0.309 e. The third kappa shape index (κ3) is 3.39. The molecule has 1 aliphatic rings. The number of hydrogen-bond acceptors (Lipinski definition) is 7. The van der Waals surface area contributed by atoms with Crippen molar-refractivity contribution < 1.29 is 45.0 Å². The summed E-state index contributed by atoms with van der Waals surface area (Å²) in [5.74, 6) is -4.54. The maximum Gasteiger partial charge on any atom is 0.309 e. The molecule has 0 aliphatic carbocycles. The minimum atomic E-state index is -1.77. The number of carboxylic acid groups (broad SMARTS) is 2. The molecule has 0 saturated carbocycles. The summed E-state index contributed by atoms with van der Waals surface area (Å²) < 4.78 is 5.00. The molecular formula is C10H16O9. The van der Waals surface area contributed by atoms with Gasteiger partial charge in [0.2, 0.25) is 0 Å². The number of aliphatic hydroxyl groups is 4. The van der Waals surface area contributed by atoms with E-state index in [2.05, 4.69) is 0 Å². The molecule has 6 N–H and O–H groups in total. The standard InChI is InChI=1S/C10H16O9/c11-2-4-6(14)7(15)8(16)9(19-4)3(10(17)18)1-5(12)13/h3-4,6-9,11,14-16H,1-2H2,(H,12,13)(H,17,18)/t3?,4-,6-,7+,8-,9+/m1/s1. The van der Waals surface area contributed by atoms with Gasteiger partial charge >= 0.3 is 11.9 Å². The zero-order chi connectivity index (χ0) is 14.7. The van der Waals surface area contributed by atoms with Crippen molar-refractivity contribution in [3.63, 3.8) is 0 Å². The average molecular weight is 280 g/mol. The van der Waals surface area contributed by atoms with Gasteiger partial charge in [0.05, 0.1) is 18.9 Å². The van der Waals surface area contributed by atoms with Crippen LogP contribution in [0.4, 0.5) is 0 Å². The maximum atomic E-state index is 11.0. The number of carboxylic acids is 2. The van der Waals surface area contributed by atoms with E-state index in [1.165, 1.54) is 0 Å². The molecule has 6 atom stereocenters. The minimum absolute atomic E-state index is 0.707. The van der Waals surface area contributed by atoms with E-state index in [4.69, 9.17) is 20.1 Å². The van der Waals surface area contributed by atoms with E-state index < -0.39 is 61.4 Å². The second-order valence-electron chi connectivity index (χ2n) is 4.34. The number of aliphatic hydroxyl groups excluding tert-OH is 4. The van der Waals surface area contributed by atoms with Crippen LogP contribution in [0, 0.1) is 5.92 Å². The summed E-state index contributed by atoms with van der Waals surface area (Å²) in [4.78, 5) is 21.6. The second-order valence-corrected chi connectivity index (χ2v) is 4.34. The number of carbonyl (C=O) groups is 2. The monoisotopic (exact) mass is 280 g/mol. The Morgan fingerprint density at radius 3 is 2.05 bits per heavy atom. The van der Waals surface area contributed by atoms with Crippen LogP contribution in [0.2, 0.25) is 0 Å². The molecule has 1 rings (SSSR count). The van der Waals surface area contributed by atoms with Crippen LogP contribution in [0.1, 0.15) is 6.42 Å². The van der Waals surface area contributed by atoms with Crippen LogP contribution in [0.5, 0.6) is 0 Å². The molecular weight excluding hydrogens is 264 g/mol. The highest BCUT2D eigenvalue weighted by molar-refractivity contribution is 5.78. The van der Waals surface area contributed by atoms with Crippen LogP contribution in [0.3, 0.4) is 0 Å². The Morgan fingerprint density at radius 1 is 1.05 bits per heavy atom. The van der Waals surface area contributed by atoms with Crippen molar-refractivity contribution in [3.8, 4) is 0 Å². The highest BCUT2D eigenvalue weighted by Crippen LogP contribution is 2.27. The van der Waals surface area contributed by atoms with Crippen molar-refractivity contribution in [3.05, 3.63) is 0 Å². The normalized spacial score (nSPS) is 36.7. The fourth-order valence-corrected chi connectivity index (χ4v) is 2.00. The first-order valence-electron chi connectivity index (χ1n) is 5.54. The Hall–Kier alpha value is -1.26. The lowest BCUT2D eigenvalue weighted by molar-refractivity contribution is -0.242. The molecule has 0 aromatic heterocycles. The lowest BCUT2D eigenvalue weighted by Crippen LogP contribution is -2.61. The lowest BCUT2D eigenvalue weighted by atomic mass is 9.86. The van der Waals surface area contributed by atoms with Crippen LogP contribution < -0.4 is 0 Å². The molecule has 0 bridgehead atoms. The van der Waals surface area contributed by atoms with E-state index in [1.54, 1.807) is 0 Å². The van der Waals surface area contributed by atoms with E-state index in [0.717, 1.165) is 0 Å². The summed E-state index contributed by atoms with van der Waals surface area (Å²) in [5, 5.41) is 55.2. The first-order chi connectivity index (χ1) is 8.79. The van der Waals surface area contributed by atoms with Gasteiger partial charge in [0.1, 0.15) is 30.5 Å². The summed E-state index contributed by atoms with van der Waals surface area (Å²) in [6.07, 6.45) is -8.73. The van der Waals surface area contributed by atoms with E-state index >= 15 is 0 Å². The predicted molar refractivity (Wildman–Crippen MR) is 57.1 cm³/mol. The van der Waals surface area contributed by atoms with Crippen LogP contribution in [0.15, 0.2) is 0 Å². The number of hydrogen-bond donors (Lipinski definition) is 6. The van der Waals surface area contributed by atoms with Crippen molar-refractivity contribution in [2.24, 2.45) is 5.92 Å². The van der Waals surface area contributed by atoms with Gasteiger partial charge in [-0.3, -0.25) is 9.59 Å². The zero-order valence-corrected chi connectivity index (χ0v) is 9.79. The van der Waals surface area contributed by atoms with Crippen LogP contribution in [-0.4, -0.2) is 79.7 Å². The quantitative estimate of drug-likeness (QED) is 0.308. The van der Waals surface area contributed by atoms with Gasteiger partial charge in [0, 0.05) is 0 Å². The minimum Gasteiger partial charge on any atom is -0.481 e. The molecule has 110 valence electrons. The number of ether oxygens (including phenoxy) is 1. The second kappa shape index (κ2) is 6.26. The van der Waals surface area contributed by atoms with Gasteiger partial charge in [0.15, 0.2) is 0 Å². The SMILES string of the molecule is O=C(O)CC(C(=O)O)[C@@H]1O[C@H](CO)[C@@H](O)[C@H](O)[C@H]1O. The molecule has 19 heavy (non-hydrogen) atoms. The molecule has 0 aromatic rings. The molecule has 1 aliphatic heterocycles. The summed E-state index contributed by atoms with van der Waals surface area (Å²) in [6.45, 7) is -0.707. The predicted octanol–water partition coefficient (Wildman–Crippen LogP) is -3.00. The van der Waals surface area contributed by atoms with Crippen LogP contribution >= 0.6 is 0 Å². The maximum absolute atomic E-state index is 11.0. The average Bonchev–Trinajstić information content (AvgIpc) is 2.34. The number of aliphatic carboxylic acids is 2. The van der Waals surface area contributed by atoms with Crippen LogP contribution in [-0.2, 0) is 14.3 Å². The summed E-state index contributed by atoms with van der Waals surface area (Å²) in [5.41, 5.74) is 0. The van der Waals surface area contributed by atoms with Gasteiger partial charge in [-0.05, 0) is 0 Å². The molecule has 1 heterocycles. The van der Waals surface area contributed by atoms with E-state index in [0.29, 0.717) is 0 Å². The molecule has 9 heteroatoms. The van der Waals surface area contributed by atoms with Crippen molar-refractivity contribution in [1.29, 1.82) is 0 Å². The molecule has 1 unspecified atom stereocenters. The van der Waals surface area contributed by atoms with Crippen molar-refractivity contribution >= 4 is 11.9 Å². The highest BCUT2D eigenvalue weighted by atomic mass is 16.5. The number of rotatable bonds is 5. The van der Waals surface area contributed by atoms with Crippen molar-refractivity contribution in [2.45, 2.75) is 36.9 Å². The third-order valence-corrected chi connectivity index (χ3v) is 3.04. The first kappa shape index (κ1) is 15.8. The van der Waals surface area contributed by atoms with Crippen LogP contribution in [0.25, 0.3) is 0 Å². The molecule has 0 radical (unpaired) electrons. The Bertz CT molecular complexity index is 342. The lowest BCUT2D eigenvalue weighted by Gasteiger charge is -2.41. The Balaban J connectivity index is 2.94. The van der Waals surface area contributed by atoms with E-state index in [9.17, 15) is 24.9 Å². The van der Waals surface area contributed by atoms with Gasteiger partial charge in [-0.15, -0.1) is 0 Å². The third-order valence-electron chi connectivity index (χ3n) is 3.04. The summed E-state index contributed by atoms with van der Waals surface area (Å²) >= 11 is 0. The van der Waals surface area contributed by atoms with Gasteiger partial charge < -0.3 is 35.4 Å². The van der Waals surface area contributed by atoms with E-state index in [-0.39, 0.29) is 0 Å². The fourth-order valence-electron chi connectivity index (χ4n) is 2.00. The first-order valence-corrected chi connectivity index (χ1v) is 5.54. The zero-order valence-electron chi connectivity index (χ0n) is 9.79. The van der Waals surface area contributed by atoms with Gasteiger partial charge in [-0.25, -0.2) is 0 Å². The molecule has 0 amide bonds. The fraction of sp³-hybridized carbons (Fsp3) is 0.800. The Morgan fingerprint density at radius 2 is 1.63 bits per heavy atom. The van der Waals surface area contributed by atoms with E-state index in [1.807, 2.05) is 0 Å². The molecule has 0 aromatic carbocycles. The topological polar surface area (TPSA) is 165 Å². The molecule has 9 nitrogen and oxygen atoms in total. The Kier molecular flexibility index (Phi) is 5.20. The Labute approximate surface area is 107 Å². The van der Waals surface area contributed by atoms with Crippen molar-refractivity contribution in [2.75, 3.05) is 6.61 Å². The molecule has 1 fully saturated rings. The molecule has 0 spiro atoms. The van der Waals surface area contributed by atoms with Gasteiger partial charge in [0.25, 0.3) is 0 Å². The van der Waals surface area contributed by atoms with Gasteiger partial charge in [-0.2, -0.15) is 0 Å².